The number of methoxy groups -OCH3 is 1. The molecule has 0 saturated heterocycles. The highest BCUT2D eigenvalue weighted by molar-refractivity contribution is 9.10. The zero-order valence-electron chi connectivity index (χ0n) is 12.2. The quantitative estimate of drug-likeness (QED) is 0.826. The summed E-state index contributed by atoms with van der Waals surface area (Å²) in [6.07, 6.45) is 0. The van der Waals surface area contributed by atoms with Crippen LogP contribution in [0.15, 0.2) is 34.8 Å². The maximum absolute atomic E-state index is 12.4. The van der Waals surface area contributed by atoms with Gasteiger partial charge in [0.05, 0.1) is 24.0 Å². The predicted octanol–water partition coefficient (Wildman–Crippen LogP) is 3.91. The third-order valence-corrected chi connectivity index (χ3v) is 3.82. The van der Waals surface area contributed by atoms with Crippen molar-refractivity contribution in [3.8, 4) is 5.75 Å². The topological polar surface area (TPSA) is 64.3 Å². The summed E-state index contributed by atoms with van der Waals surface area (Å²) in [5.41, 5.74) is 9.72. The van der Waals surface area contributed by atoms with Crippen molar-refractivity contribution >= 4 is 33.2 Å². The molecule has 0 aliphatic heterocycles. The molecule has 1 amide bonds. The molecule has 0 spiro atoms. The van der Waals surface area contributed by atoms with Crippen LogP contribution in [0.5, 0.6) is 5.75 Å². The lowest BCUT2D eigenvalue weighted by Crippen LogP contribution is -2.14. The SMILES string of the molecule is COc1cc(Br)ccc1C(=O)Nc1cc(C)c(C)cc1N. The van der Waals surface area contributed by atoms with E-state index in [1.807, 2.05) is 26.0 Å². The second-order valence-electron chi connectivity index (χ2n) is 4.82. The minimum atomic E-state index is -0.255. The van der Waals surface area contributed by atoms with Gasteiger partial charge in [-0.15, -0.1) is 0 Å². The van der Waals surface area contributed by atoms with E-state index in [1.54, 1.807) is 18.2 Å². The number of rotatable bonds is 3. The van der Waals surface area contributed by atoms with Crippen LogP contribution in [-0.4, -0.2) is 13.0 Å². The van der Waals surface area contributed by atoms with Crippen molar-refractivity contribution in [3.63, 3.8) is 0 Å². The molecular formula is C16H17BrN2O2. The van der Waals surface area contributed by atoms with Crippen molar-refractivity contribution in [2.45, 2.75) is 13.8 Å². The lowest BCUT2D eigenvalue weighted by molar-refractivity contribution is 0.102. The summed E-state index contributed by atoms with van der Waals surface area (Å²) in [6, 6.07) is 8.97. The Hall–Kier alpha value is -2.01. The van der Waals surface area contributed by atoms with E-state index in [-0.39, 0.29) is 5.91 Å². The van der Waals surface area contributed by atoms with E-state index in [4.69, 9.17) is 10.5 Å². The van der Waals surface area contributed by atoms with E-state index in [0.717, 1.165) is 15.6 Å². The van der Waals surface area contributed by atoms with E-state index in [1.165, 1.54) is 7.11 Å². The summed E-state index contributed by atoms with van der Waals surface area (Å²) < 4.78 is 6.08. The first-order valence-corrected chi connectivity index (χ1v) is 7.23. The largest absolute Gasteiger partial charge is 0.496 e. The molecule has 110 valence electrons. The van der Waals surface area contributed by atoms with Gasteiger partial charge in [0.25, 0.3) is 5.91 Å². The Balaban J connectivity index is 2.32. The van der Waals surface area contributed by atoms with Gasteiger partial charge in [0.15, 0.2) is 0 Å². The van der Waals surface area contributed by atoms with Crippen molar-refractivity contribution in [3.05, 3.63) is 51.5 Å². The van der Waals surface area contributed by atoms with E-state index in [2.05, 4.69) is 21.2 Å². The Morgan fingerprint density at radius 3 is 2.52 bits per heavy atom. The summed E-state index contributed by atoms with van der Waals surface area (Å²) in [4.78, 5) is 12.4. The van der Waals surface area contributed by atoms with Crippen LogP contribution in [0.4, 0.5) is 11.4 Å². The number of carbonyl (C=O) groups is 1. The number of hydrogen-bond donors (Lipinski definition) is 2. The van der Waals surface area contributed by atoms with Crippen molar-refractivity contribution in [2.75, 3.05) is 18.2 Å². The lowest BCUT2D eigenvalue weighted by Gasteiger charge is -2.13. The molecule has 0 aliphatic rings. The molecule has 2 rings (SSSR count). The van der Waals surface area contributed by atoms with Gasteiger partial charge in [0.1, 0.15) is 5.75 Å². The average Bonchev–Trinajstić information content (AvgIpc) is 2.44. The molecule has 5 heteroatoms. The number of nitrogen functional groups attached to an aromatic ring is 1. The van der Waals surface area contributed by atoms with Crippen molar-refractivity contribution < 1.29 is 9.53 Å². The molecule has 2 aromatic carbocycles. The molecule has 21 heavy (non-hydrogen) atoms. The number of nitrogens with one attached hydrogen (secondary N) is 1. The number of carbonyl (C=O) groups excluding carboxylic acids is 1. The molecular weight excluding hydrogens is 332 g/mol. The fourth-order valence-corrected chi connectivity index (χ4v) is 2.33. The van der Waals surface area contributed by atoms with Gasteiger partial charge in [-0.2, -0.15) is 0 Å². The number of ether oxygens (including phenoxy) is 1. The van der Waals surface area contributed by atoms with E-state index in [0.29, 0.717) is 22.7 Å². The van der Waals surface area contributed by atoms with Crippen LogP contribution in [0.3, 0.4) is 0 Å². The summed E-state index contributed by atoms with van der Waals surface area (Å²) >= 11 is 3.35. The predicted molar refractivity (Wildman–Crippen MR) is 89.0 cm³/mol. The summed E-state index contributed by atoms with van der Waals surface area (Å²) in [5, 5.41) is 2.83. The molecule has 4 nitrogen and oxygen atoms in total. The number of benzene rings is 2. The Kier molecular flexibility index (Phi) is 4.53. The van der Waals surface area contributed by atoms with Gasteiger partial charge in [-0.25, -0.2) is 0 Å². The van der Waals surface area contributed by atoms with Crippen LogP contribution in [0, 0.1) is 13.8 Å². The molecule has 2 aromatic rings. The second kappa shape index (κ2) is 6.18. The Morgan fingerprint density at radius 1 is 1.19 bits per heavy atom. The van der Waals surface area contributed by atoms with Gasteiger partial charge in [-0.1, -0.05) is 15.9 Å². The van der Waals surface area contributed by atoms with E-state index in [9.17, 15) is 4.79 Å². The summed E-state index contributed by atoms with van der Waals surface area (Å²) in [7, 11) is 1.53. The molecule has 0 fully saturated rings. The van der Waals surface area contributed by atoms with Crippen LogP contribution >= 0.6 is 15.9 Å². The number of hydrogen-bond acceptors (Lipinski definition) is 3. The smallest absolute Gasteiger partial charge is 0.259 e. The standard InChI is InChI=1S/C16H17BrN2O2/c1-9-6-13(18)14(7-10(9)2)19-16(20)12-5-4-11(17)8-15(12)21-3/h4-8H,18H2,1-3H3,(H,19,20). The van der Waals surface area contributed by atoms with E-state index < -0.39 is 0 Å². The number of halogens is 1. The second-order valence-corrected chi connectivity index (χ2v) is 5.74. The van der Waals surface area contributed by atoms with Gasteiger partial charge >= 0.3 is 0 Å². The highest BCUT2D eigenvalue weighted by Gasteiger charge is 2.14. The van der Waals surface area contributed by atoms with Gasteiger partial charge in [0.2, 0.25) is 0 Å². The minimum absolute atomic E-state index is 0.255. The number of aryl methyl sites for hydroxylation is 2. The highest BCUT2D eigenvalue weighted by Crippen LogP contribution is 2.27. The molecule has 0 bridgehead atoms. The first-order valence-electron chi connectivity index (χ1n) is 6.44. The van der Waals surface area contributed by atoms with Gasteiger partial charge in [-0.3, -0.25) is 4.79 Å². The maximum atomic E-state index is 12.4. The molecule has 0 unspecified atom stereocenters. The first-order chi connectivity index (χ1) is 9.92. The molecule has 0 heterocycles. The van der Waals surface area contributed by atoms with Crippen LogP contribution in [0.25, 0.3) is 0 Å². The highest BCUT2D eigenvalue weighted by atomic mass is 79.9. The van der Waals surface area contributed by atoms with Crippen LogP contribution in [-0.2, 0) is 0 Å². The van der Waals surface area contributed by atoms with Crippen molar-refractivity contribution in [1.82, 2.24) is 0 Å². The van der Waals surface area contributed by atoms with Crippen molar-refractivity contribution in [1.29, 1.82) is 0 Å². The molecule has 0 atom stereocenters. The zero-order valence-corrected chi connectivity index (χ0v) is 13.7. The molecule has 0 radical (unpaired) electrons. The van der Waals surface area contributed by atoms with Crippen molar-refractivity contribution in [2.24, 2.45) is 0 Å². The monoisotopic (exact) mass is 348 g/mol. The fraction of sp³-hybridized carbons (Fsp3) is 0.188. The van der Waals surface area contributed by atoms with Gasteiger partial charge in [0, 0.05) is 4.47 Å². The fourth-order valence-electron chi connectivity index (χ4n) is 1.99. The molecule has 0 aromatic heterocycles. The molecule has 0 aliphatic carbocycles. The minimum Gasteiger partial charge on any atom is -0.496 e. The Bertz CT molecular complexity index is 699. The lowest BCUT2D eigenvalue weighted by atomic mass is 10.1. The third kappa shape index (κ3) is 3.36. The summed E-state index contributed by atoms with van der Waals surface area (Å²) in [5.74, 6) is 0.249. The maximum Gasteiger partial charge on any atom is 0.259 e. The number of nitrogens with two attached hydrogens (primary N) is 1. The van der Waals surface area contributed by atoms with Crippen LogP contribution < -0.4 is 15.8 Å². The van der Waals surface area contributed by atoms with Gasteiger partial charge < -0.3 is 15.8 Å². The number of amides is 1. The Morgan fingerprint density at radius 2 is 1.86 bits per heavy atom. The normalized spacial score (nSPS) is 10.3. The zero-order chi connectivity index (χ0) is 15.6. The third-order valence-electron chi connectivity index (χ3n) is 3.32. The Labute approximate surface area is 132 Å². The average molecular weight is 349 g/mol. The first kappa shape index (κ1) is 15.4. The number of anilines is 2. The molecule has 3 N–H and O–H groups in total. The molecule has 0 saturated carbocycles. The van der Waals surface area contributed by atoms with Crippen LogP contribution in [0.1, 0.15) is 21.5 Å². The van der Waals surface area contributed by atoms with Gasteiger partial charge in [-0.05, 0) is 55.3 Å². The summed E-state index contributed by atoms with van der Waals surface area (Å²) in [6.45, 7) is 3.96. The van der Waals surface area contributed by atoms with Crippen LogP contribution in [0.2, 0.25) is 0 Å². The van der Waals surface area contributed by atoms with E-state index >= 15 is 0 Å².